The second-order valence-corrected chi connectivity index (χ2v) is 3.15. The summed E-state index contributed by atoms with van der Waals surface area (Å²) in [5.74, 6) is -2.15. The fraction of sp³-hybridized carbons (Fsp3) is 0. The van der Waals surface area contributed by atoms with Gasteiger partial charge in [-0.15, -0.1) is 0 Å². The summed E-state index contributed by atoms with van der Waals surface area (Å²) in [4.78, 5) is 23.5. The van der Waals surface area contributed by atoms with E-state index in [1.807, 2.05) is 0 Å². The summed E-state index contributed by atoms with van der Waals surface area (Å²) in [6, 6.07) is 1.88. The molecule has 0 heterocycles. The number of aliphatic imine (C=N–C) groups is 1. The number of aromatic carboxylic acids is 1. The molecule has 0 aliphatic heterocycles. The lowest BCUT2D eigenvalue weighted by molar-refractivity contribution is 0.0695. The van der Waals surface area contributed by atoms with Gasteiger partial charge in [0.1, 0.15) is 5.69 Å². The normalized spacial score (nSPS) is 9.29. The second kappa shape index (κ2) is 4.13. The number of benzene rings is 1. The third-order valence-corrected chi connectivity index (χ3v) is 2.09. The van der Waals surface area contributed by atoms with Crippen molar-refractivity contribution in [1.82, 2.24) is 0 Å². The molecule has 6 heteroatoms. The van der Waals surface area contributed by atoms with Crippen molar-refractivity contribution in [3.8, 4) is 0 Å². The fourth-order valence-corrected chi connectivity index (χ4v) is 1.34. The van der Waals surface area contributed by atoms with E-state index in [9.17, 15) is 14.0 Å². The van der Waals surface area contributed by atoms with Crippen molar-refractivity contribution in [2.75, 3.05) is 0 Å². The number of carboxylic acids is 1. The van der Waals surface area contributed by atoms with E-state index in [-0.39, 0.29) is 15.7 Å². The van der Waals surface area contributed by atoms with Crippen LogP contribution in [0.4, 0.5) is 10.1 Å². The van der Waals surface area contributed by atoms with Crippen molar-refractivity contribution in [2.45, 2.75) is 0 Å². The predicted octanol–water partition coefficient (Wildman–Crippen LogP) is 2.25. The van der Waals surface area contributed by atoms with Crippen molar-refractivity contribution in [2.24, 2.45) is 4.99 Å². The molecule has 0 spiro atoms. The molecule has 0 bridgehead atoms. The zero-order valence-electron chi connectivity index (χ0n) is 6.62. The smallest absolute Gasteiger partial charge is 0.336 e. The number of nitrogens with zero attached hydrogens (tertiary/aromatic N) is 1. The van der Waals surface area contributed by atoms with Gasteiger partial charge >= 0.3 is 5.97 Å². The molecule has 0 atom stereocenters. The molecule has 0 saturated heterocycles. The standard InChI is InChI=1S/C8H3BrFNO3/c9-5-2-7(11-3-12)6(10)1-4(5)8(13)14/h1-2H,(H,13,14). The van der Waals surface area contributed by atoms with E-state index in [1.165, 1.54) is 6.08 Å². The van der Waals surface area contributed by atoms with Crippen LogP contribution in [-0.4, -0.2) is 17.2 Å². The van der Waals surface area contributed by atoms with E-state index in [1.54, 1.807) is 0 Å². The van der Waals surface area contributed by atoms with Gasteiger partial charge in [-0.3, -0.25) is 0 Å². The topological polar surface area (TPSA) is 66.7 Å². The van der Waals surface area contributed by atoms with Crippen LogP contribution in [0.5, 0.6) is 0 Å². The molecule has 4 nitrogen and oxygen atoms in total. The van der Waals surface area contributed by atoms with Crippen molar-refractivity contribution < 1.29 is 19.1 Å². The molecule has 0 aliphatic carbocycles. The molecule has 72 valence electrons. The summed E-state index contributed by atoms with van der Waals surface area (Å²) in [6.45, 7) is 0. The van der Waals surface area contributed by atoms with Gasteiger partial charge in [-0.25, -0.2) is 14.0 Å². The van der Waals surface area contributed by atoms with Gasteiger partial charge in [-0.1, -0.05) is 0 Å². The van der Waals surface area contributed by atoms with Crippen LogP contribution in [0.2, 0.25) is 0 Å². The number of carboxylic acid groups (broad SMARTS) is 1. The van der Waals surface area contributed by atoms with Crippen LogP contribution in [0.15, 0.2) is 21.6 Å². The van der Waals surface area contributed by atoms with E-state index in [2.05, 4.69) is 20.9 Å². The highest BCUT2D eigenvalue weighted by molar-refractivity contribution is 9.10. The monoisotopic (exact) mass is 259 g/mol. The Bertz CT molecular complexity index is 413. The molecular formula is C8H3BrFNO3. The lowest BCUT2D eigenvalue weighted by atomic mass is 10.2. The van der Waals surface area contributed by atoms with Crippen LogP contribution < -0.4 is 0 Å². The third-order valence-electron chi connectivity index (χ3n) is 1.43. The van der Waals surface area contributed by atoms with Gasteiger partial charge in [-0.05, 0) is 28.1 Å². The quantitative estimate of drug-likeness (QED) is 0.655. The first-order chi connectivity index (χ1) is 6.56. The molecule has 1 aromatic rings. The average Bonchev–Trinajstić information content (AvgIpc) is 2.10. The molecule has 1 N–H and O–H groups in total. The number of halogens is 2. The Morgan fingerprint density at radius 1 is 1.57 bits per heavy atom. The molecule has 14 heavy (non-hydrogen) atoms. The second-order valence-electron chi connectivity index (χ2n) is 2.29. The van der Waals surface area contributed by atoms with E-state index >= 15 is 0 Å². The van der Waals surface area contributed by atoms with E-state index in [4.69, 9.17) is 5.11 Å². The third kappa shape index (κ3) is 2.04. The van der Waals surface area contributed by atoms with Gasteiger partial charge in [-0.2, -0.15) is 4.99 Å². The summed E-state index contributed by atoms with van der Waals surface area (Å²) >= 11 is 2.91. The summed E-state index contributed by atoms with van der Waals surface area (Å²) < 4.78 is 13.2. The molecule has 0 aromatic heterocycles. The molecule has 1 rings (SSSR count). The molecule has 0 aliphatic rings. The number of rotatable bonds is 2. The Hall–Kier alpha value is -1.52. The minimum atomic E-state index is -1.27. The van der Waals surface area contributed by atoms with Crippen LogP contribution in [0.25, 0.3) is 0 Å². The maximum atomic E-state index is 13.0. The fourth-order valence-electron chi connectivity index (χ4n) is 0.835. The van der Waals surface area contributed by atoms with Crippen molar-refractivity contribution in [3.63, 3.8) is 0 Å². The van der Waals surface area contributed by atoms with E-state index in [0.29, 0.717) is 0 Å². The van der Waals surface area contributed by atoms with Crippen molar-refractivity contribution >= 4 is 33.7 Å². The number of hydrogen-bond donors (Lipinski definition) is 1. The first-order valence-corrected chi connectivity index (χ1v) is 4.15. The van der Waals surface area contributed by atoms with Crippen LogP contribution in [0, 0.1) is 5.82 Å². The first kappa shape index (κ1) is 10.6. The molecule has 1 aromatic carbocycles. The van der Waals surface area contributed by atoms with Gasteiger partial charge in [0, 0.05) is 4.47 Å². The summed E-state index contributed by atoms with van der Waals surface area (Å²) in [6.07, 6.45) is 1.17. The highest BCUT2D eigenvalue weighted by Crippen LogP contribution is 2.26. The van der Waals surface area contributed by atoms with E-state index in [0.717, 1.165) is 12.1 Å². The van der Waals surface area contributed by atoms with Crippen molar-refractivity contribution in [3.05, 3.63) is 28.0 Å². The molecule has 0 fully saturated rings. The Morgan fingerprint density at radius 3 is 2.71 bits per heavy atom. The summed E-state index contributed by atoms with van der Waals surface area (Å²) in [5, 5.41) is 8.61. The van der Waals surface area contributed by atoms with Gasteiger partial charge in [0.25, 0.3) is 0 Å². The number of isocyanates is 1. The van der Waals surface area contributed by atoms with Crippen LogP contribution in [-0.2, 0) is 4.79 Å². The minimum absolute atomic E-state index is 0.153. The highest BCUT2D eigenvalue weighted by atomic mass is 79.9. The largest absolute Gasteiger partial charge is 0.478 e. The summed E-state index contributed by atoms with van der Waals surface area (Å²) in [5.41, 5.74) is -0.482. The van der Waals surface area contributed by atoms with Crippen molar-refractivity contribution in [1.29, 1.82) is 0 Å². The van der Waals surface area contributed by atoms with Crippen LogP contribution in [0.3, 0.4) is 0 Å². The molecular weight excluding hydrogens is 257 g/mol. The number of hydrogen-bond acceptors (Lipinski definition) is 3. The Kier molecular flexibility index (Phi) is 3.11. The Labute approximate surface area is 86.2 Å². The van der Waals surface area contributed by atoms with Gasteiger partial charge in [0.2, 0.25) is 6.08 Å². The Morgan fingerprint density at radius 2 is 2.21 bits per heavy atom. The number of carbonyl (C=O) groups excluding carboxylic acids is 1. The molecule has 0 amide bonds. The lowest BCUT2D eigenvalue weighted by Crippen LogP contribution is -1.98. The number of carbonyl (C=O) groups is 1. The SMILES string of the molecule is O=C=Nc1cc(Br)c(C(=O)O)cc1F. The maximum Gasteiger partial charge on any atom is 0.336 e. The lowest BCUT2D eigenvalue weighted by Gasteiger charge is -2.00. The predicted molar refractivity (Wildman–Crippen MR) is 48.8 cm³/mol. The molecule has 0 unspecified atom stereocenters. The average molecular weight is 260 g/mol. The minimum Gasteiger partial charge on any atom is -0.478 e. The first-order valence-electron chi connectivity index (χ1n) is 3.36. The highest BCUT2D eigenvalue weighted by Gasteiger charge is 2.12. The van der Waals surface area contributed by atoms with Gasteiger partial charge in [0.15, 0.2) is 5.82 Å². The molecule has 0 saturated carbocycles. The van der Waals surface area contributed by atoms with Gasteiger partial charge < -0.3 is 5.11 Å². The van der Waals surface area contributed by atoms with Gasteiger partial charge in [0.05, 0.1) is 5.56 Å². The zero-order chi connectivity index (χ0) is 10.7. The summed E-state index contributed by atoms with van der Waals surface area (Å²) in [7, 11) is 0. The van der Waals surface area contributed by atoms with Crippen LogP contribution in [0.1, 0.15) is 10.4 Å². The van der Waals surface area contributed by atoms with E-state index < -0.39 is 11.8 Å². The zero-order valence-corrected chi connectivity index (χ0v) is 8.21. The van der Waals surface area contributed by atoms with Crippen LogP contribution >= 0.6 is 15.9 Å². The molecule has 0 radical (unpaired) electrons. The Balaban J connectivity index is 3.37. The maximum absolute atomic E-state index is 13.0.